The molecule has 1 amide bonds. The van der Waals surface area contributed by atoms with Crippen LogP contribution in [-0.4, -0.2) is 55.0 Å². The van der Waals surface area contributed by atoms with Gasteiger partial charge in [-0.1, -0.05) is 71.5 Å². The lowest BCUT2D eigenvalue weighted by Crippen LogP contribution is -2.48. The number of nitrogens with zero attached hydrogens (tertiary/aromatic N) is 5. The van der Waals surface area contributed by atoms with Crippen molar-refractivity contribution in [2.45, 2.75) is 32.2 Å². The van der Waals surface area contributed by atoms with Gasteiger partial charge in [-0.15, -0.1) is 0 Å². The lowest BCUT2D eigenvalue weighted by molar-refractivity contribution is 0.0773. The maximum atomic E-state index is 12.8. The molecular formula is C32H37N6O3S-. The Morgan fingerprint density at radius 1 is 1.00 bits per heavy atom. The number of carbonyl (C=O) groups excluding carboxylic acids is 1. The third-order valence-corrected chi connectivity index (χ3v) is 8.46. The summed E-state index contributed by atoms with van der Waals surface area (Å²) in [6.07, 6.45) is 3.43. The summed E-state index contributed by atoms with van der Waals surface area (Å²) in [5.41, 5.74) is 2.25. The van der Waals surface area contributed by atoms with E-state index in [0.29, 0.717) is 56.2 Å². The first-order valence-corrected chi connectivity index (χ1v) is 15.2. The van der Waals surface area contributed by atoms with Gasteiger partial charge in [-0.05, 0) is 68.0 Å². The van der Waals surface area contributed by atoms with E-state index in [0.717, 1.165) is 11.1 Å². The first-order valence-electron chi connectivity index (χ1n) is 14.1. The standard InChI is InChI=1S/C32H37N6O3S/c1-4-37(5-2)30(39)25-16-18-29(19-17-25)35-31(34-24-33)38-22-20-28(21-23-38)32(36-42(40)41-3,26-12-8-6-9-13-26)27-14-10-7-11-15-27/h6-19,28H,4-5,20-23H2,1-3H3,(H,34,35)/q-1. The molecule has 0 saturated carbocycles. The van der Waals surface area contributed by atoms with Crippen molar-refractivity contribution in [1.29, 1.82) is 5.26 Å². The summed E-state index contributed by atoms with van der Waals surface area (Å²) in [7, 11) is -0.457. The van der Waals surface area contributed by atoms with Gasteiger partial charge in [0, 0.05) is 38.9 Å². The molecule has 0 spiro atoms. The van der Waals surface area contributed by atoms with Gasteiger partial charge >= 0.3 is 0 Å². The number of benzene rings is 3. The SMILES string of the molecule is CCN(CC)C(=O)c1ccc(N=C(NC#N)N2CCC(C(N=[S-](=O)OC)(c3ccccc3)c3ccccc3)CC2)cc1. The fraction of sp³-hybridized carbons (Fsp3) is 0.344. The molecular weight excluding hydrogens is 548 g/mol. The first-order chi connectivity index (χ1) is 20.5. The van der Waals surface area contributed by atoms with Gasteiger partial charge in [-0.3, -0.25) is 10.1 Å². The number of likely N-dealkylation sites (tertiary alicyclic amines) is 1. The van der Waals surface area contributed by atoms with Crippen LogP contribution in [0.3, 0.4) is 0 Å². The van der Waals surface area contributed by atoms with Gasteiger partial charge in [-0.2, -0.15) is 5.26 Å². The van der Waals surface area contributed by atoms with Crippen molar-refractivity contribution in [3.63, 3.8) is 0 Å². The quantitative estimate of drug-likeness (QED) is 0.115. The molecule has 220 valence electrons. The average molecular weight is 586 g/mol. The Morgan fingerprint density at radius 3 is 2.02 bits per heavy atom. The summed E-state index contributed by atoms with van der Waals surface area (Å²) in [4.78, 5) is 21.2. The van der Waals surface area contributed by atoms with Crippen molar-refractivity contribution in [2.24, 2.45) is 15.3 Å². The van der Waals surface area contributed by atoms with Crippen molar-refractivity contribution in [2.75, 3.05) is 33.3 Å². The number of rotatable bonds is 9. The third kappa shape index (κ3) is 6.81. The average Bonchev–Trinajstić information content (AvgIpc) is 3.05. The Labute approximate surface area is 250 Å². The molecule has 42 heavy (non-hydrogen) atoms. The zero-order valence-corrected chi connectivity index (χ0v) is 25.1. The van der Waals surface area contributed by atoms with E-state index in [1.807, 2.05) is 85.6 Å². The van der Waals surface area contributed by atoms with Crippen LogP contribution >= 0.6 is 0 Å². The van der Waals surface area contributed by atoms with Crippen molar-refractivity contribution in [3.05, 3.63) is 102 Å². The minimum atomic E-state index is -1.85. The van der Waals surface area contributed by atoms with Crippen LogP contribution in [0.25, 0.3) is 0 Å². The summed E-state index contributed by atoms with van der Waals surface area (Å²) >= 11 is 0. The van der Waals surface area contributed by atoms with Crippen LogP contribution in [0, 0.1) is 17.4 Å². The lowest BCUT2D eigenvalue weighted by atomic mass is 9.70. The first kappa shape index (κ1) is 30.8. The number of guanidine groups is 1. The zero-order chi connectivity index (χ0) is 30.0. The Kier molecular flexibility index (Phi) is 10.7. The van der Waals surface area contributed by atoms with E-state index in [1.165, 1.54) is 7.11 Å². The predicted octanol–water partition coefficient (Wildman–Crippen LogP) is 5.59. The van der Waals surface area contributed by atoms with E-state index in [-0.39, 0.29) is 11.8 Å². The van der Waals surface area contributed by atoms with Crippen LogP contribution < -0.4 is 5.32 Å². The van der Waals surface area contributed by atoms with E-state index in [1.54, 1.807) is 29.2 Å². The summed E-state index contributed by atoms with van der Waals surface area (Å²) in [5.74, 6) is 0.431. The second-order valence-electron chi connectivity index (χ2n) is 9.93. The van der Waals surface area contributed by atoms with Gasteiger partial charge in [-0.25, -0.2) is 4.99 Å². The van der Waals surface area contributed by atoms with Gasteiger partial charge in [0.2, 0.25) is 5.96 Å². The molecule has 4 rings (SSSR count). The van der Waals surface area contributed by atoms with Crippen molar-refractivity contribution in [3.8, 4) is 6.19 Å². The highest BCUT2D eigenvalue weighted by Gasteiger charge is 2.42. The second-order valence-corrected chi connectivity index (χ2v) is 10.9. The minimum Gasteiger partial charge on any atom is -0.441 e. The highest BCUT2D eigenvalue weighted by molar-refractivity contribution is 7.69. The number of piperidine rings is 1. The summed E-state index contributed by atoms with van der Waals surface area (Å²) in [5, 5.41) is 12.2. The zero-order valence-electron chi connectivity index (χ0n) is 24.3. The number of carbonyl (C=O) groups is 1. The summed E-state index contributed by atoms with van der Waals surface area (Å²) in [6, 6.07) is 27.0. The molecule has 1 aliphatic heterocycles. The van der Waals surface area contributed by atoms with Gasteiger partial charge in [0.1, 0.15) is 0 Å². The van der Waals surface area contributed by atoms with Crippen LogP contribution in [0.5, 0.6) is 0 Å². The number of hydrogen-bond donors (Lipinski definition) is 1. The van der Waals surface area contributed by atoms with E-state index in [9.17, 15) is 14.3 Å². The third-order valence-electron chi connectivity index (χ3n) is 7.74. The van der Waals surface area contributed by atoms with Crippen LogP contribution in [0.2, 0.25) is 0 Å². The molecule has 1 N–H and O–H groups in total. The lowest BCUT2D eigenvalue weighted by Gasteiger charge is -2.45. The molecule has 0 radical (unpaired) electrons. The molecule has 3 aromatic rings. The van der Waals surface area contributed by atoms with Crippen molar-refractivity contribution < 1.29 is 13.2 Å². The second kappa shape index (κ2) is 14.6. The van der Waals surface area contributed by atoms with Crippen LogP contribution in [-0.2, 0) is 24.8 Å². The highest BCUT2D eigenvalue weighted by atomic mass is 32.2. The van der Waals surface area contributed by atoms with Gasteiger partial charge < -0.3 is 22.6 Å². The fourth-order valence-corrected chi connectivity index (χ4v) is 6.26. The number of nitrogens with one attached hydrogen (secondary N) is 1. The Balaban J connectivity index is 1.62. The summed E-state index contributed by atoms with van der Waals surface area (Å²) < 4.78 is 22.8. The maximum Gasteiger partial charge on any atom is 0.253 e. The van der Waals surface area contributed by atoms with E-state index in [2.05, 4.69) is 5.32 Å². The predicted molar refractivity (Wildman–Crippen MR) is 165 cm³/mol. The topological polar surface area (TPSA) is 110 Å². The monoisotopic (exact) mass is 585 g/mol. The van der Waals surface area contributed by atoms with E-state index in [4.69, 9.17) is 13.5 Å². The maximum absolute atomic E-state index is 12.8. The van der Waals surface area contributed by atoms with E-state index < -0.39 is 16.4 Å². The Morgan fingerprint density at radius 2 is 1.55 bits per heavy atom. The molecule has 0 atom stereocenters. The van der Waals surface area contributed by atoms with E-state index >= 15 is 0 Å². The highest BCUT2D eigenvalue weighted by Crippen LogP contribution is 2.45. The Bertz CT molecular complexity index is 1430. The molecule has 1 saturated heterocycles. The molecule has 1 fully saturated rings. The molecule has 0 unspecified atom stereocenters. The molecule has 1 aliphatic rings. The van der Waals surface area contributed by atoms with Crippen molar-refractivity contribution >= 4 is 28.4 Å². The van der Waals surface area contributed by atoms with Crippen molar-refractivity contribution in [1.82, 2.24) is 15.1 Å². The normalized spacial score (nSPS) is 15.2. The van der Waals surface area contributed by atoms with Gasteiger partial charge in [0.15, 0.2) is 6.19 Å². The molecule has 10 heteroatoms. The smallest absolute Gasteiger partial charge is 0.253 e. The summed E-state index contributed by atoms with van der Waals surface area (Å²) in [6.45, 7) is 6.41. The minimum absolute atomic E-state index is 0.00589. The van der Waals surface area contributed by atoms with Gasteiger partial charge in [0.05, 0.1) is 11.2 Å². The number of hydrogen-bond acceptors (Lipinski definition) is 7. The molecule has 0 aliphatic carbocycles. The van der Waals surface area contributed by atoms with Crippen LogP contribution in [0.4, 0.5) is 5.69 Å². The number of aliphatic imine (C=N–C) groups is 1. The Hall–Kier alpha value is -4.20. The molecule has 9 nitrogen and oxygen atoms in total. The van der Waals surface area contributed by atoms with Gasteiger partial charge in [0.25, 0.3) is 5.91 Å². The molecule has 0 bridgehead atoms. The number of amides is 1. The molecule has 1 heterocycles. The number of nitriles is 1. The van der Waals surface area contributed by atoms with Crippen LogP contribution in [0.1, 0.15) is 48.2 Å². The molecule has 0 aromatic heterocycles. The van der Waals surface area contributed by atoms with Crippen LogP contribution in [0.15, 0.2) is 94.3 Å². The largest absolute Gasteiger partial charge is 0.441 e. The fourth-order valence-electron chi connectivity index (χ4n) is 5.59. The molecule has 3 aromatic carbocycles.